The number of anilines is 1. The number of hydrogen-bond donors (Lipinski definition) is 1. The predicted octanol–water partition coefficient (Wildman–Crippen LogP) is 3.21. The summed E-state index contributed by atoms with van der Waals surface area (Å²) in [7, 11) is 0. The monoisotopic (exact) mass is 270 g/mol. The van der Waals surface area contributed by atoms with Gasteiger partial charge in [0.2, 0.25) is 0 Å². The highest BCUT2D eigenvalue weighted by atomic mass is 16.5. The van der Waals surface area contributed by atoms with Crippen LogP contribution in [0.4, 0.5) is 5.69 Å². The van der Waals surface area contributed by atoms with Gasteiger partial charge in [-0.1, -0.05) is 25.1 Å². The van der Waals surface area contributed by atoms with Gasteiger partial charge in [0, 0.05) is 23.6 Å². The molecule has 2 N–H and O–H groups in total. The van der Waals surface area contributed by atoms with Crippen molar-refractivity contribution < 1.29 is 9.53 Å². The molecule has 0 unspecified atom stereocenters. The molecule has 4 heteroatoms. The van der Waals surface area contributed by atoms with E-state index in [2.05, 4.69) is 4.98 Å². The number of esters is 1. The molecule has 0 atom stereocenters. The average Bonchev–Trinajstić information content (AvgIpc) is 2.48. The minimum absolute atomic E-state index is 0.382. The summed E-state index contributed by atoms with van der Waals surface area (Å²) < 4.78 is 5.24. The van der Waals surface area contributed by atoms with Gasteiger partial charge in [0.25, 0.3) is 0 Å². The van der Waals surface area contributed by atoms with Gasteiger partial charge in [0.05, 0.1) is 12.2 Å². The summed E-state index contributed by atoms with van der Waals surface area (Å²) in [6.07, 6.45) is 4.18. The molecular weight excluding hydrogens is 252 g/mol. The Kier molecular flexibility index (Phi) is 4.35. The second kappa shape index (κ2) is 6.19. The van der Waals surface area contributed by atoms with Crippen LogP contribution in [0.5, 0.6) is 0 Å². The number of aromatic nitrogens is 1. The molecule has 2 rings (SSSR count). The van der Waals surface area contributed by atoms with Gasteiger partial charge in [-0.05, 0) is 30.5 Å². The van der Waals surface area contributed by atoms with Gasteiger partial charge in [-0.25, -0.2) is 4.79 Å². The molecule has 1 aromatic carbocycles. The van der Waals surface area contributed by atoms with Gasteiger partial charge in [0.1, 0.15) is 0 Å². The van der Waals surface area contributed by atoms with Gasteiger partial charge in [-0.15, -0.1) is 0 Å². The summed E-state index contributed by atoms with van der Waals surface area (Å²) in [5.41, 5.74) is 9.42. The smallest absolute Gasteiger partial charge is 0.340 e. The Hall–Kier alpha value is -2.36. The van der Waals surface area contributed by atoms with Crippen LogP contribution in [0, 0.1) is 6.92 Å². The fourth-order valence-corrected chi connectivity index (χ4v) is 1.97. The molecule has 0 spiro atoms. The highest BCUT2D eigenvalue weighted by Gasteiger charge is 2.19. The van der Waals surface area contributed by atoms with Crippen molar-refractivity contribution in [1.82, 2.24) is 4.98 Å². The highest BCUT2D eigenvalue weighted by Crippen LogP contribution is 2.30. The van der Waals surface area contributed by atoms with E-state index < -0.39 is 0 Å². The largest absolute Gasteiger partial charge is 0.462 e. The first-order chi connectivity index (χ1) is 9.65. The lowest BCUT2D eigenvalue weighted by molar-refractivity contribution is 0.0507. The zero-order chi connectivity index (χ0) is 14.5. The molecule has 0 bridgehead atoms. The van der Waals surface area contributed by atoms with E-state index >= 15 is 0 Å². The number of nitrogen functional groups attached to an aromatic ring is 1. The molecule has 0 saturated carbocycles. The fourth-order valence-electron chi connectivity index (χ4n) is 1.97. The number of benzene rings is 1. The Morgan fingerprint density at radius 1 is 1.35 bits per heavy atom. The maximum absolute atomic E-state index is 12.2. The Bertz CT molecular complexity index is 609. The minimum atomic E-state index is -0.382. The highest BCUT2D eigenvalue weighted by molar-refractivity contribution is 6.03. The molecule has 1 heterocycles. The maximum atomic E-state index is 12.2. The number of ether oxygens (including phenoxy) is 1. The molecule has 0 aliphatic heterocycles. The third-order valence-corrected chi connectivity index (χ3v) is 3.08. The van der Waals surface area contributed by atoms with E-state index in [-0.39, 0.29) is 5.97 Å². The second-order valence-corrected chi connectivity index (χ2v) is 4.60. The van der Waals surface area contributed by atoms with Crippen LogP contribution in [0.3, 0.4) is 0 Å². The minimum Gasteiger partial charge on any atom is -0.462 e. The zero-order valence-electron chi connectivity index (χ0n) is 11.7. The predicted molar refractivity (Wildman–Crippen MR) is 79.4 cm³/mol. The molecular formula is C16H18N2O2. The van der Waals surface area contributed by atoms with Gasteiger partial charge >= 0.3 is 5.97 Å². The lowest BCUT2D eigenvalue weighted by atomic mass is 9.97. The third kappa shape index (κ3) is 2.79. The van der Waals surface area contributed by atoms with E-state index in [0.717, 1.165) is 23.1 Å². The van der Waals surface area contributed by atoms with Gasteiger partial charge in [0.15, 0.2) is 0 Å². The van der Waals surface area contributed by atoms with E-state index in [1.807, 2.05) is 38.1 Å². The molecule has 0 radical (unpaired) electrons. The molecule has 0 amide bonds. The number of hydrogen-bond acceptors (Lipinski definition) is 4. The van der Waals surface area contributed by atoms with E-state index in [0.29, 0.717) is 17.9 Å². The van der Waals surface area contributed by atoms with Crippen molar-refractivity contribution in [2.24, 2.45) is 0 Å². The third-order valence-electron chi connectivity index (χ3n) is 3.08. The lowest BCUT2D eigenvalue weighted by Crippen LogP contribution is -2.11. The Balaban J connectivity index is 2.52. The SMILES string of the molecule is CCCOC(=O)c1c(-c2cccnc2)ccc(C)c1N. The first kappa shape index (κ1) is 14.1. The van der Waals surface area contributed by atoms with Gasteiger partial charge in [-0.3, -0.25) is 4.98 Å². The number of carbonyl (C=O) groups is 1. The summed E-state index contributed by atoms with van der Waals surface area (Å²) in [5.74, 6) is -0.382. The summed E-state index contributed by atoms with van der Waals surface area (Å²) >= 11 is 0. The Morgan fingerprint density at radius 2 is 2.15 bits per heavy atom. The summed E-state index contributed by atoms with van der Waals surface area (Å²) in [5, 5.41) is 0. The van der Waals surface area contributed by atoms with Crippen molar-refractivity contribution in [3.63, 3.8) is 0 Å². The van der Waals surface area contributed by atoms with Gasteiger partial charge in [-0.2, -0.15) is 0 Å². The Labute approximate surface area is 118 Å². The molecule has 104 valence electrons. The first-order valence-corrected chi connectivity index (χ1v) is 6.61. The van der Waals surface area contributed by atoms with Crippen LogP contribution in [0.2, 0.25) is 0 Å². The quantitative estimate of drug-likeness (QED) is 0.684. The summed E-state index contributed by atoms with van der Waals surface area (Å²) in [6, 6.07) is 7.50. The number of aryl methyl sites for hydroxylation is 1. The maximum Gasteiger partial charge on any atom is 0.340 e. The van der Waals surface area contributed by atoms with Crippen molar-refractivity contribution in [3.05, 3.63) is 47.8 Å². The first-order valence-electron chi connectivity index (χ1n) is 6.61. The normalized spacial score (nSPS) is 10.3. The molecule has 0 saturated heterocycles. The number of pyridine rings is 1. The van der Waals surface area contributed by atoms with E-state index in [1.165, 1.54) is 0 Å². The van der Waals surface area contributed by atoms with Crippen molar-refractivity contribution in [2.75, 3.05) is 12.3 Å². The van der Waals surface area contributed by atoms with E-state index in [9.17, 15) is 4.79 Å². The lowest BCUT2D eigenvalue weighted by Gasteiger charge is -2.13. The molecule has 0 aliphatic rings. The van der Waals surface area contributed by atoms with E-state index in [4.69, 9.17) is 10.5 Å². The van der Waals surface area contributed by atoms with Crippen LogP contribution in [0.1, 0.15) is 29.3 Å². The van der Waals surface area contributed by atoms with Crippen LogP contribution in [-0.4, -0.2) is 17.6 Å². The molecule has 2 aromatic rings. The number of nitrogens with zero attached hydrogens (tertiary/aromatic N) is 1. The van der Waals surface area contributed by atoms with Crippen molar-refractivity contribution in [1.29, 1.82) is 0 Å². The fraction of sp³-hybridized carbons (Fsp3) is 0.250. The summed E-state index contributed by atoms with van der Waals surface area (Å²) in [4.78, 5) is 16.3. The number of nitrogens with two attached hydrogens (primary N) is 1. The molecule has 1 aromatic heterocycles. The van der Waals surface area contributed by atoms with Crippen LogP contribution >= 0.6 is 0 Å². The van der Waals surface area contributed by atoms with Crippen LogP contribution < -0.4 is 5.73 Å². The van der Waals surface area contributed by atoms with Gasteiger partial charge < -0.3 is 10.5 Å². The molecule has 0 fully saturated rings. The molecule has 0 aliphatic carbocycles. The average molecular weight is 270 g/mol. The van der Waals surface area contributed by atoms with Crippen LogP contribution in [0.25, 0.3) is 11.1 Å². The van der Waals surface area contributed by atoms with Crippen molar-refractivity contribution >= 4 is 11.7 Å². The molecule has 20 heavy (non-hydrogen) atoms. The Morgan fingerprint density at radius 3 is 2.80 bits per heavy atom. The summed E-state index contributed by atoms with van der Waals surface area (Å²) in [6.45, 7) is 4.21. The number of rotatable bonds is 4. The van der Waals surface area contributed by atoms with Crippen LogP contribution in [0.15, 0.2) is 36.7 Å². The standard InChI is InChI=1S/C16H18N2O2/c1-3-9-20-16(19)14-13(7-6-11(2)15(14)17)12-5-4-8-18-10-12/h4-8,10H,3,9,17H2,1-2H3. The topological polar surface area (TPSA) is 65.2 Å². The second-order valence-electron chi connectivity index (χ2n) is 4.60. The molecule has 4 nitrogen and oxygen atoms in total. The van der Waals surface area contributed by atoms with Crippen molar-refractivity contribution in [3.8, 4) is 11.1 Å². The number of carbonyl (C=O) groups excluding carboxylic acids is 1. The van der Waals surface area contributed by atoms with E-state index in [1.54, 1.807) is 12.4 Å². The van der Waals surface area contributed by atoms with Crippen LogP contribution in [-0.2, 0) is 4.74 Å². The van der Waals surface area contributed by atoms with Crippen molar-refractivity contribution in [2.45, 2.75) is 20.3 Å². The zero-order valence-corrected chi connectivity index (χ0v) is 11.7.